The van der Waals surface area contributed by atoms with Crippen LogP contribution in [-0.2, 0) is 0 Å². The Morgan fingerprint density at radius 3 is 2.44 bits per heavy atom. The van der Waals surface area contributed by atoms with E-state index in [1.165, 1.54) is 21.1 Å². The Kier molecular flexibility index (Phi) is 2.43. The molecule has 1 nitrogen and oxygen atoms in total. The molecule has 1 aliphatic heterocycles. The zero-order valence-electron chi connectivity index (χ0n) is 8.68. The van der Waals surface area contributed by atoms with E-state index in [1.807, 2.05) is 23.9 Å². The summed E-state index contributed by atoms with van der Waals surface area (Å²) >= 11 is 1.81. The zero-order chi connectivity index (χ0) is 10.8. The molecule has 0 saturated heterocycles. The quantitative estimate of drug-likeness (QED) is 0.780. The van der Waals surface area contributed by atoms with Crippen molar-refractivity contribution in [2.24, 2.45) is 0 Å². The second-order valence-corrected chi connectivity index (χ2v) is 4.70. The molecule has 1 aliphatic rings. The predicted octanol–water partition coefficient (Wildman–Crippen LogP) is 4.20. The molecule has 2 heteroatoms. The summed E-state index contributed by atoms with van der Waals surface area (Å²) in [4.78, 5) is 2.54. The number of rotatable bonds is 1. The molecule has 2 aromatic rings. The Hall–Kier alpha value is -1.67. The molecular weight excluding hydrogens is 214 g/mol. The molecule has 0 aliphatic carbocycles. The van der Waals surface area contributed by atoms with Gasteiger partial charge in [0.15, 0.2) is 0 Å². The smallest absolute Gasteiger partial charge is 0.0521 e. The van der Waals surface area contributed by atoms with Gasteiger partial charge in [-0.05, 0) is 17.7 Å². The summed E-state index contributed by atoms with van der Waals surface area (Å²) < 4.78 is 0. The van der Waals surface area contributed by atoms with E-state index in [1.54, 1.807) is 0 Å². The normalized spacial score (nSPS) is 13.6. The van der Waals surface area contributed by atoms with E-state index in [4.69, 9.17) is 0 Å². The van der Waals surface area contributed by atoms with Crippen LogP contribution in [0.4, 0.5) is 5.69 Å². The second kappa shape index (κ2) is 4.06. The molecule has 0 radical (unpaired) electrons. The molecule has 16 heavy (non-hydrogen) atoms. The Morgan fingerprint density at radius 1 is 0.812 bits per heavy atom. The van der Waals surface area contributed by atoms with Crippen molar-refractivity contribution in [3.8, 4) is 0 Å². The van der Waals surface area contributed by atoms with E-state index < -0.39 is 0 Å². The predicted molar refractivity (Wildman–Crippen MR) is 70.3 cm³/mol. The Labute approximate surface area is 99.2 Å². The number of anilines is 1. The van der Waals surface area contributed by atoms with Gasteiger partial charge in [0.25, 0.3) is 0 Å². The molecular formula is C14H11NS. The van der Waals surface area contributed by atoms with Gasteiger partial charge in [-0.3, -0.25) is 0 Å². The average molecular weight is 225 g/mol. The molecule has 0 atom stereocenters. The third-order valence-corrected chi connectivity index (χ3v) is 3.67. The molecule has 3 rings (SSSR count). The van der Waals surface area contributed by atoms with Crippen molar-refractivity contribution in [3.63, 3.8) is 0 Å². The Bertz CT molecular complexity index is 531. The minimum atomic E-state index is 1.19. The van der Waals surface area contributed by atoms with Crippen molar-refractivity contribution in [3.05, 3.63) is 66.4 Å². The molecule has 0 aromatic heterocycles. The van der Waals surface area contributed by atoms with Crippen LogP contribution in [-0.4, -0.2) is 0 Å². The lowest BCUT2D eigenvalue weighted by molar-refractivity contribution is 1.41. The summed E-state index contributed by atoms with van der Waals surface area (Å²) in [6.07, 6.45) is 2.07. The van der Waals surface area contributed by atoms with Crippen LogP contribution in [0.25, 0.3) is 4.91 Å². The molecule has 0 unspecified atom stereocenters. The highest BCUT2D eigenvalue weighted by Gasteiger charge is 2.11. The van der Waals surface area contributed by atoms with Gasteiger partial charge in [-0.1, -0.05) is 54.2 Å². The first-order valence-electron chi connectivity index (χ1n) is 5.22. The first-order valence-corrected chi connectivity index (χ1v) is 6.04. The highest BCUT2D eigenvalue weighted by Crippen LogP contribution is 2.41. The Morgan fingerprint density at radius 2 is 1.56 bits per heavy atom. The van der Waals surface area contributed by atoms with E-state index >= 15 is 0 Å². The second-order valence-electron chi connectivity index (χ2n) is 3.62. The number of para-hydroxylation sites is 1. The largest absolute Gasteiger partial charge is 0.360 e. The van der Waals surface area contributed by atoms with E-state index in [-0.39, 0.29) is 0 Å². The van der Waals surface area contributed by atoms with Gasteiger partial charge in [0.05, 0.1) is 5.69 Å². The number of hydrogen-bond acceptors (Lipinski definition) is 2. The topological polar surface area (TPSA) is 12.0 Å². The molecule has 0 amide bonds. The van der Waals surface area contributed by atoms with Crippen molar-refractivity contribution in [2.45, 2.75) is 4.90 Å². The molecule has 78 valence electrons. The van der Waals surface area contributed by atoms with Crippen LogP contribution < -0.4 is 5.32 Å². The summed E-state index contributed by atoms with van der Waals surface area (Å²) in [5.41, 5.74) is 2.45. The summed E-state index contributed by atoms with van der Waals surface area (Å²) in [7, 11) is 0. The van der Waals surface area contributed by atoms with Gasteiger partial charge >= 0.3 is 0 Å². The lowest BCUT2D eigenvalue weighted by atomic mass is 10.2. The van der Waals surface area contributed by atoms with Gasteiger partial charge in [0, 0.05) is 16.0 Å². The molecule has 2 aromatic carbocycles. The number of nitrogens with one attached hydrogen (secondary N) is 1. The fourth-order valence-electron chi connectivity index (χ4n) is 1.71. The number of fused-ring (bicyclic) bond motifs is 1. The lowest BCUT2D eigenvalue weighted by Gasteiger charge is -2.17. The number of thioether (sulfide) groups is 1. The van der Waals surface area contributed by atoms with Gasteiger partial charge in [-0.25, -0.2) is 0 Å². The molecule has 1 heterocycles. The van der Waals surface area contributed by atoms with Gasteiger partial charge in [-0.15, -0.1) is 0 Å². The van der Waals surface area contributed by atoms with Crippen molar-refractivity contribution < 1.29 is 0 Å². The highest BCUT2D eigenvalue weighted by molar-refractivity contribution is 8.08. The van der Waals surface area contributed by atoms with Crippen molar-refractivity contribution >= 4 is 22.4 Å². The van der Waals surface area contributed by atoms with E-state index in [0.717, 1.165) is 0 Å². The SMILES string of the molecule is C1=C(c2ccccc2)Sc2ccccc2N1. The first kappa shape index (κ1) is 9.55. The zero-order valence-corrected chi connectivity index (χ0v) is 9.50. The van der Waals surface area contributed by atoms with Crippen molar-refractivity contribution in [1.82, 2.24) is 0 Å². The van der Waals surface area contributed by atoms with Crippen molar-refractivity contribution in [1.29, 1.82) is 0 Å². The minimum Gasteiger partial charge on any atom is -0.360 e. The summed E-state index contributed by atoms with van der Waals surface area (Å²) in [5.74, 6) is 0. The van der Waals surface area contributed by atoms with Gasteiger partial charge in [0.2, 0.25) is 0 Å². The fraction of sp³-hybridized carbons (Fsp3) is 0. The standard InChI is InChI=1S/C14H11NS/c1-2-6-11(7-3-1)14-10-15-12-8-4-5-9-13(12)16-14/h1-10,15H. The van der Waals surface area contributed by atoms with E-state index in [9.17, 15) is 0 Å². The van der Waals surface area contributed by atoms with E-state index in [0.29, 0.717) is 0 Å². The fourth-order valence-corrected chi connectivity index (χ4v) is 2.70. The highest BCUT2D eigenvalue weighted by atomic mass is 32.2. The van der Waals surface area contributed by atoms with Gasteiger partial charge in [-0.2, -0.15) is 0 Å². The number of hydrogen-bond donors (Lipinski definition) is 1. The summed E-state index contributed by atoms with van der Waals surface area (Å²) in [6, 6.07) is 18.8. The monoisotopic (exact) mass is 225 g/mol. The maximum Gasteiger partial charge on any atom is 0.0521 e. The minimum absolute atomic E-state index is 1.19. The Balaban J connectivity index is 1.95. The molecule has 0 saturated carbocycles. The van der Waals surface area contributed by atoms with Crippen LogP contribution in [0.3, 0.4) is 0 Å². The first-order chi connectivity index (χ1) is 7.93. The van der Waals surface area contributed by atoms with Crippen molar-refractivity contribution in [2.75, 3.05) is 5.32 Å². The van der Waals surface area contributed by atoms with Crippen LogP contribution in [0.2, 0.25) is 0 Å². The molecule has 0 fully saturated rings. The summed E-state index contributed by atoms with van der Waals surface area (Å²) in [6.45, 7) is 0. The molecule has 0 spiro atoms. The third-order valence-electron chi connectivity index (χ3n) is 2.52. The van der Waals surface area contributed by atoms with Gasteiger partial charge < -0.3 is 5.32 Å². The average Bonchev–Trinajstić information content (AvgIpc) is 2.39. The maximum atomic E-state index is 3.33. The lowest BCUT2D eigenvalue weighted by Crippen LogP contribution is -1.97. The maximum absolute atomic E-state index is 3.33. The van der Waals surface area contributed by atoms with Crippen LogP contribution >= 0.6 is 11.8 Å². The van der Waals surface area contributed by atoms with E-state index in [2.05, 4.69) is 54.0 Å². The van der Waals surface area contributed by atoms with Gasteiger partial charge in [0.1, 0.15) is 0 Å². The summed E-state index contributed by atoms with van der Waals surface area (Å²) in [5, 5.41) is 3.33. The number of benzene rings is 2. The van der Waals surface area contributed by atoms with Crippen LogP contribution in [0.1, 0.15) is 5.56 Å². The van der Waals surface area contributed by atoms with Crippen LogP contribution in [0.5, 0.6) is 0 Å². The molecule has 0 bridgehead atoms. The third kappa shape index (κ3) is 1.72. The van der Waals surface area contributed by atoms with Crippen LogP contribution in [0, 0.1) is 0 Å². The van der Waals surface area contributed by atoms with Crippen LogP contribution in [0.15, 0.2) is 65.7 Å². The molecule has 1 N–H and O–H groups in total.